The van der Waals surface area contributed by atoms with E-state index in [2.05, 4.69) is 5.32 Å². The lowest BCUT2D eigenvalue weighted by Crippen LogP contribution is -2.45. The van der Waals surface area contributed by atoms with Crippen LogP contribution >= 0.6 is 0 Å². The van der Waals surface area contributed by atoms with Gasteiger partial charge in [-0.1, -0.05) is 20.8 Å². The molecule has 0 bridgehead atoms. The van der Waals surface area contributed by atoms with E-state index in [9.17, 15) is 9.59 Å². The third-order valence-corrected chi connectivity index (χ3v) is 2.02. The highest BCUT2D eigenvalue weighted by Gasteiger charge is 2.18. The largest absolute Gasteiger partial charge is 0.347 e. The van der Waals surface area contributed by atoms with Crippen LogP contribution in [0.25, 0.3) is 0 Å². The van der Waals surface area contributed by atoms with Gasteiger partial charge in [0.05, 0.1) is 0 Å². The number of carbonyl (C=O) groups is 2. The van der Waals surface area contributed by atoms with E-state index in [4.69, 9.17) is 5.84 Å². The van der Waals surface area contributed by atoms with Crippen LogP contribution in [0, 0.1) is 5.41 Å². The van der Waals surface area contributed by atoms with Gasteiger partial charge < -0.3 is 5.32 Å². The summed E-state index contributed by atoms with van der Waals surface area (Å²) < 4.78 is 0. The number of amides is 2. The number of nitrogens with two attached hydrogens (primary N) is 1. The van der Waals surface area contributed by atoms with Crippen molar-refractivity contribution in [2.24, 2.45) is 11.3 Å². The van der Waals surface area contributed by atoms with E-state index in [1.807, 2.05) is 20.8 Å². The number of hydrazine groups is 1. The van der Waals surface area contributed by atoms with Crippen molar-refractivity contribution in [1.29, 1.82) is 0 Å². The molecule has 0 radical (unpaired) electrons. The Bertz CT molecular complexity index is 202. The van der Waals surface area contributed by atoms with Crippen molar-refractivity contribution >= 4 is 11.8 Å². The van der Waals surface area contributed by atoms with Crippen molar-refractivity contribution in [3.8, 4) is 0 Å². The molecule has 5 nitrogen and oxygen atoms in total. The Morgan fingerprint density at radius 2 is 1.85 bits per heavy atom. The Kier molecular flexibility index (Phi) is 4.40. The molecular weight excluding hydrogens is 170 g/mol. The maximum absolute atomic E-state index is 10.9. The molecular formula is C8H17N3O2. The molecule has 0 aromatic rings. The van der Waals surface area contributed by atoms with Crippen LogP contribution in [-0.4, -0.2) is 18.4 Å². The van der Waals surface area contributed by atoms with E-state index in [1.165, 1.54) is 0 Å². The van der Waals surface area contributed by atoms with Gasteiger partial charge in [-0.2, -0.15) is 0 Å². The number of hydrogen-bond donors (Lipinski definition) is 3. The SMILES string of the molecule is CCC(C)(C)CNC(=O)C(=O)NN. The van der Waals surface area contributed by atoms with Gasteiger partial charge in [-0.05, 0) is 11.8 Å². The Balaban J connectivity index is 3.90. The lowest BCUT2D eigenvalue weighted by Gasteiger charge is -2.22. The molecule has 13 heavy (non-hydrogen) atoms. The van der Waals surface area contributed by atoms with Crippen molar-refractivity contribution in [3.63, 3.8) is 0 Å². The molecule has 4 N–H and O–H groups in total. The van der Waals surface area contributed by atoms with E-state index in [1.54, 1.807) is 5.43 Å². The van der Waals surface area contributed by atoms with Gasteiger partial charge in [0.25, 0.3) is 0 Å². The molecule has 0 saturated carbocycles. The topological polar surface area (TPSA) is 84.2 Å². The molecule has 0 aromatic heterocycles. The first-order chi connectivity index (χ1) is 5.93. The fourth-order valence-corrected chi connectivity index (χ4v) is 0.590. The highest BCUT2D eigenvalue weighted by atomic mass is 16.2. The van der Waals surface area contributed by atoms with E-state index in [-0.39, 0.29) is 5.41 Å². The average Bonchev–Trinajstić information content (AvgIpc) is 2.13. The van der Waals surface area contributed by atoms with Gasteiger partial charge in [0.1, 0.15) is 0 Å². The zero-order valence-corrected chi connectivity index (χ0v) is 8.31. The first-order valence-electron chi connectivity index (χ1n) is 4.21. The summed E-state index contributed by atoms with van der Waals surface area (Å²) in [5.74, 6) is 3.28. The Labute approximate surface area is 78.0 Å². The lowest BCUT2D eigenvalue weighted by atomic mass is 9.90. The van der Waals surface area contributed by atoms with Crippen molar-refractivity contribution < 1.29 is 9.59 Å². The molecule has 0 unspecified atom stereocenters. The minimum atomic E-state index is -0.813. The third-order valence-electron chi connectivity index (χ3n) is 2.02. The van der Waals surface area contributed by atoms with E-state index in [0.29, 0.717) is 6.54 Å². The smallest absolute Gasteiger partial charge is 0.323 e. The van der Waals surface area contributed by atoms with Crippen LogP contribution in [-0.2, 0) is 9.59 Å². The monoisotopic (exact) mass is 187 g/mol. The molecule has 0 spiro atoms. The molecule has 0 saturated heterocycles. The second kappa shape index (κ2) is 4.81. The van der Waals surface area contributed by atoms with Gasteiger partial charge in [0.15, 0.2) is 0 Å². The summed E-state index contributed by atoms with van der Waals surface area (Å²) in [5.41, 5.74) is 1.77. The number of carbonyl (C=O) groups excluding carboxylic acids is 2. The standard InChI is InChI=1S/C8H17N3O2/c1-4-8(2,3)5-10-6(12)7(13)11-9/h4-5,9H2,1-3H3,(H,10,12)(H,11,13). The fraction of sp³-hybridized carbons (Fsp3) is 0.750. The fourth-order valence-electron chi connectivity index (χ4n) is 0.590. The molecule has 0 aliphatic rings. The van der Waals surface area contributed by atoms with Crippen LogP contribution in [0.5, 0.6) is 0 Å². The zero-order valence-electron chi connectivity index (χ0n) is 8.31. The van der Waals surface area contributed by atoms with Gasteiger partial charge in [-0.15, -0.1) is 0 Å². The molecule has 5 heteroatoms. The molecule has 0 rings (SSSR count). The summed E-state index contributed by atoms with van der Waals surface area (Å²) in [4.78, 5) is 21.6. The van der Waals surface area contributed by atoms with Gasteiger partial charge in [-0.3, -0.25) is 15.0 Å². The van der Waals surface area contributed by atoms with Crippen molar-refractivity contribution in [1.82, 2.24) is 10.7 Å². The maximum Gasteiger partial charge on any atom is 0.323 e. The molecule has 0 aliphatic carbocycles. The van der Waals surface area contributed by atoms with Crippen LogP contribution in [0.15, 0.2) is 0 Å². The lowest BCUT2D eigenvalue weighted by molar-refractivity contribution is -0.139. The van der Waals surface area contributed by atoms with Crippen LogP contribution in [0.3, 0.4) is 0 Å². The van der Waals surface area contributed by atoms with E-state index < -0.39 is 11.8 Å². The summed E-state index contributed by atoms with van der Waals surface area (Å²) in [6.45, 7) is 6.51. The zero-order chi connectivity index (χ0) is 10.5. The van der Waals surface area contributed by atoms with E-state index >= 15 is 0 Å². The average molecular weight is 187 g/mol. The van der Waals surface area contributed by atoms with Crippen LogP contribution in [0.2, 0.25) is 0 Å². The molecule has 0 aromatic carbocycles. The molecule has 76 valence electrons. The van der Waals surface area contributed by atoms with Crippen molar-refractivity contribution in [3.05, 3.63) is 0 Å². The maximum atomic E-state index is 10.9. The quantitative estimate of drug-likeness (QED) is 0.242. The van der Waals surface area contributed by atoms with Gasteiger partial charge in [-0.25, -0.2) is 5.84 Å². The highest BCUT2D eigenvalue weighted by Crippen LogP contribution is 2.17. The molecule has 0 atom stereocenters. The Morgan fingerprint density at radius 3 is 2.23 bits per heavy atom. The van der Waals surface area contributed by atoms with Gasteiger partial charge >= 0.3 is 11.8 Å². The molecule has 0 heterocycles. The first kappa shape index (κ1) is 11.9. The van der Waals surface area contributed by atoms with Crippen molar-refractivity contribution in [2.75, 3.05) is 6.54 Å². The molecule has 2 amide bonds. The van der Waals surface area contributed by atoms with Crippen LogP contribution in [0.4, 0.5) is 0 Å². The number of rotatable bonds is 3. The first-order valence-corrected chi connectivity index (χ1v) is 4.21. The normalized spacial score (nSPS) is 10.8. The number of nitrogens with one attached hydrogen (secondary N) is 2. The van der Waals surface area contributed by atoms with Gasteiger partial charge in [0.2, 0.25) is 0 Å². The molecule has 0 fully saturated rings. The molecule has 0 aliphatic heterocycles. The minimum absolute atomic E-state index is 0.00450. The van der Waals surface area contributed by atoms with Crippen LogP contribution in [0.1, 0.15) is 27.2 Å². The summed E-state index contributed by atoms with van der Waals surface area (Å²) in [6, 6.07) is 0. The summed E-state index contributed by atoms with van der Waals surface area (Å²) in [5, 5.41) is 2.49. The minimum Gasteiger partial charge on any atom is -0.347 e. The Morgan fingerprint density at radius 1 is 1.31 bits per heavy atom. The third kappa shape index (κ3) is 4.47. The summed E-state index contributed by atoms with van der Waals surface area (Å²) in [6.07, 6.45) is 0.928. The Hall–Kier alpha value is -1.10. The predicted octanol–water partition coefficient (Wildman–Crippen LogP) is -0.471. The van der Waals surface area contributed by atoms with Crippen molar-refractivity contribution in [2.45, 2.75) is 27.2 Å². The second-order valence-electron chi connectivity index (χ2n) is 3.67. The number of hydrogen-bond acceptors (Lipinski definition) is 3. The second-order valence-corrected chi connectivity index (χ2v) is 3.67. The van der Waals surface area contributed by atoms with Gasteiger partial charge in [0, 0.05) is 6.54 Å². The van der Waals surface area contributed by atoms with Crippen LogP contribution < -0.4 is 16.6 Å². The predicted molar refractivity (Wildman–Crippen MR) is 49.4 cm³/mol. The summed E-state index contributed by atoms with van der Waals surface area (Å²) in [7, 11) is 0. The highest BCUT2D eigenvalue weighted by molar-refractivity contribution is 6.34. The summed E-state index contributed by atoms with van der Waals surface area (Å²) >= 11 is 0. The van der Waals surface area contributed by atoms with E-state index in [0.717, 1.165) is 6.42 Å².